The second-order valence-corrected chi connectivity index (χ2v) is 5.92. The topological polar surface area (TPSA) is 44.8 Å². The third kappa shape index (κ3) is 4.60. The zero-order valence-electron chi connectivity index (χ0n) is 9.39. The first-order chi connectivity index (χ1) is 7.31. The second-order valence-electron chi connectivity index (χ2n) is 2.95. The average Bonchev–Trinajstić information content (AvgIpc) is 2.22. The highest BCUT2D eigenvalue weighted by atomic mass is 28.4. The Bertz CT molecular complexity index is 228. The Kier molecular flexibility index (Phi) is 6.16. The van der Waals surface area contributed by atoms with E-state index in [9.17, 15) is 18.0 Å². The van der Waals surface area contributed by atoms with Gasteiger partial charge in [-0.25, -0.2) is 0 Å². The lowest BCUT2D eigenvalue weighted by molar-refractivity contribution is -0.170. The van der Waals surface area contributed by atoms with Crippen molar-refractivity contribution in [1.82, 2.24) is 0 Å². The number of carbonyl (C=O) groups is 1. The van der Waals surface area contributed by atoms with Gasteiger partial charge in [0.25, 0.3) is 0 Å². The summed E-state index contributed by atoms with van der Waals surface area (Å²) in [6.07, 6.45) is -5.49. The predicted octanol–water partition coefficient (Wildman–Crippen LogP) is 1.78. The van der Waals surface area contributed by atoms with Crippen molar-refractivity contribution in [3.8, 4) is 0 Å². The van der Waals surface area contributed by atoms with Crippen LogP contribution in [0, 0.1) is 0 Å². The van der Waals surface area contributed by atoms with E-state index in [4.69, 9.17) is 13.3 Å². The number of hydrogen-bond donors (Lipinski definition) is 0. The van der Waals surface area contributed by atoms with Gasteiger partial charge in [-0.05, 0) is 6.92 Å². The molecule has 96 valence electrons. The van der Waals surface area contributed by atoms with Gasteiger partial charge < -0.3 is 13.3 Å². The Morgan fingerprint density at radius 3 is 2.06 bits per heavy atom. The van der Waals surface area contributed by atoms with Gasteiger partial charge in [0, 0.05) is 33.3 Å². The molecule has 0 aliphatic carbocycles. The summed E-state index contributed by atoms with van der Waals surface area (Å²) in [7, 11) is -0.516. The van der Waals surface area contributed by atoms with E-state index >= 15 is 0 Å². The molecule has 0 aliphatic rings. The molecule has 16 heavy (non-hydrogen) atoms. The molecule has 0 aromatic heterocycles. The summed E-state index contributed by atoms with van der Waals surface area (Å²) < 4.78 is 51.0. The maximum absolute atomic E-state index is 12.0. The molecule has 0 bridgehead atoms. The molecular weight excluding hydrogens is 245 g/mol. The van der Waals surface area contributed by atoms with Crippen molar-refractivity contribution in [2.75, 3.05) is 20.8 Å². The Balaban J connectivity index is 4.38. The number of hydrogen-bond acceptors (Lipinski definition) is 4. The minimum Gasteiger partial charge on any atom is -0.377 e. The largest absolute Gasteiger partial charge is 0.500 e. The summed E-state index contributed by atoms with van der Waals surface area (Å²) >= 11 is 0. The van der Waals surface area contributed by atoms with Gasteiger partial charge in [-0.1, -0.05) is 0 Å². The van der Waals surface area contributed by atoms with Crippen molar-refractivity contribution in [1.29, 1.82) is 0 Å². The summed E-state index contributed by atoms with van der Waals surface area (Å²) in [5.41, 5.74) is 0. The molecule has 8 heteroatoms. The fraction of sp³-hybridized carbons (Fsp3) is 0.875. The third-order valence-electron chi connectivity index (χ3n) is 1.96. The SMILES string of the molecule is CCO[Si](CCC(=O)C(F)(F)F)(OC)OC. The lowest BCUT2D eigenvalue weighted by Crippen LogP contribution is -2.44. The van der Waals surface area contributed by atoms with Crippen LogP contribution in [-0.4, -0.2) is 41.6 Å². The molecule has 0 saturated carbocycles. The van der Waals surface area contributed by atoms with Gasteiger partial charge in [0.05, 0.1) is 0 Å². The number of alkyl halides is 3. The molecule has 0 heterocycles. The molecule has 0 aromatic rings. The normalized spacial score (nSPS) is 12.9. The summed E-state index contributed by atoms with van der Waals surface area (Å²) in [5, 5.41) is 0. The van der Waals surface area contributed by atoms with E-state index in [0.29, 0.717) is 0 Å². The zero-order valence-corrected chi connectivity index (χ0v) is 10.4. The van der Waals surface area contributed by atoms with Gasteiger partial charge in [0.1, 0.15) is 0 Å². The molecule has 0 aromatic carbocycles. The fourth-order valence-corrected chi connectivity index (χ4v) is 3.03. The van der Waals surface area contributed by atoms with Crippen molar-refractivity contribution < 1.29 is 31.2 Å². The van der Waals surface area contributed by atoms with Crippen molar-refractivity contribution in [3.05, 3.63) is 0 Å². The third-order valence-corrected chi connectivity index (χ3v) is 4.80. The fourth-order valence-electron chi connectivity index (χ4n) is 1.11. The number of rotatable bonds is 7. The Labute approximate surface area is 93.0 Å². The number of ketones is 1. The van der Waals surface area contributed by atoms with Crippen molar-refractivity contribution in [2.45, 2.75) is 25.6 Å². The van der Waals surface area contributed by atoms with Crippen molar-refractivity contribution >= 4 is 14.6 Å². The highest BCUT2D eigenvalue weighted by Crippen LogP contribution is 2.23. The molecule has 0 saturated heterocycles. The molecule has 0 radical (unpaired) electrons. The smallest absolute Gasteiger partial charge is 0.377 e. The molecule has 0 aliphatic heterocycles. The molecule has 0 spiro atoms. The van der Waals surface area contributed by atoms with Crippen LogP contribution in [0.4, 0.5) is 13.2 Å². The lowest BCUT2D eigenvalue weighted by atomic mass is 10.3. The first kappa shape index (κ1) is 15.6. The standard InChI is InChI=1S/C8H15F3O4Si/c1-4-15-16(13-2,14-3)6-5-7(12)8(9,10)11/h4-6H2,1-3H3. The Morgan fingerprint density at radius 2 is 1.75 bits per heavy atom. The van der Waals surface area contributed by atoms with Crippen LogP contribution < -0.4 is 0 Å². The van der Waals surface area contributed by atoms with Crippen molar-refractivity contribution in [3.63, 3.8) is 0 Å². The van der Waals surface area contributed by atoms with Gasteiger partial charge in [0.2, 0.25) is 5.78 Å². The van der Waals surface area contributed by atoms with E-state index in [1.807, 2.05) is 0 Å². The molecule has 4 nitrogen and oxygen atoms in total. The summed E-state index contributed by atoms with van der Waals surface area (Å²) in [5.74, 6) is -1.79. The van der Waals surface area contributed by atoms with Crippen LogP contribution in [-0.2, 0) is 18.1 Å². The highest BCUT2D eigenvalue weighted by molar-refractivity contribution is 6.60. The molecule has 0 atom stereocenters. The Hall–Kier alpha value is -0.443. The van der Waals surface area contributed by atoms with Crippen LogP contribution in [0.1, 0.15) is 13.3 Å². The predicted molar refractivity (Wildman–Crippen MR) is 51.9 cm³/mol. The van der Waals surface area contributed by atoms with Crippen LogP contribution in [0.3, 0.4) is 0 Å². The molecule has 0 rings (SSSR count). The monoisotopic (exact) mass is 260 g/mol. The van der Waals surface area contributed by atoms with Crippen molar-refractivity contribution in [2.24, 2.45) is 0 Å². The molecular formula is C8H15F3O4Si. The molecule has 0 N–H and O–H groups in total. The lowest BCUT2D eigenvalue weighted by Gasteiger charge is -2.25. The minimum atomic E-state index is -4.81. The summed E-state index contributed by atoms with van der Waals surface area (Å²) in [6, 6.07) is -0.174. The maximum atomic E-state index is 12.0. The number of Topliss-reactive ketones (excluding diaryl/α,β-unsaturated/α-hetero) is 1. The second kappa shape index (κ2) is 6.33. The first-order valence-electron chi connectivity index (χ1n) is 4.65. The molecule has 0 fully saturated rings. The average molecular weight is 260 g/mol. The maximum Gasteiger partial charge on any atom is 0.500 e. The summed E-state index contributed by atoms with van der Waals surface area (Å²) in [4.78, 5) is 10.7. The first-order valence-corrected chi connectivity index (χ1v) is 6.58. The van der Waals surface area contributed by atoms with E-state index < -0.39 is 27.2 Å². The van der Waals surface area contributed by atoms with Gasteiger partial charge >= 0.3 is 15.0 Å². The van der Waals surface area contributed by atoms with Crippen LogP contribution in [0.2, 0.25) is 6.04 Å². The van der Waals surface area contributed by atoms with Gasteiger partial charge in [0.15, 0.2) is 0 Å². The van der Waals surface area contributed by atoms with E-state index in [1.165, 1.54) is 14.2 Å². The number of halogens is 3. The van der Waals surface area contributed by atoms with E-state index in [2.05, 4.69) is 0 Å². The van der Waals surface area contributed by atoms with E-state index in [-0.39, 0.29) is 12.7 Å². The minimum absolute atomic E-state index is 0.174. The Morgan fingerprint density at radius 1 is 1.25 bits per heavy atom. The van der Waals surface area contributed by atoms with E-state index in [0.717, 1.165) is 0 Å². The molecule has 0 unspecified atom stereocenters. The quantitative estimate of drug-likeness (QED) is 0.654. The van der Waals surface area contributed by atoms with Crippen LogP contribution in [0.15, 0.2) is 0 Å². The van der Waals surface area contributed by atoms with Gasteiger partial charge in [-0.15, -0.1) is 0 Å². The summed E-state index contributed by atoms with van der Waals surface area (Å²) in [6.45, 7) is 1.93. The van der Waals surface area contributed by atoms with Crippen LogP contribution in [0.5, 0.6) is 0 Å². The van der Waals surface area contributed by atoms with Crippen LogP contribution in [0.25, 0.3) is 0 Å². The molecule has 0 amide bonds. The van der Waals surface area contributed by atoms with Gasteiger partial charge in [-0.3, -0.25) is 4.79 Å². The van der Waals surface area contributed by atoms with Gasteiger partial charge in [-0.2, -0.15) is 13.2 Å². The number of carbonyl (C=O) groups excluding carboxylic acids is 1. The highest BCUT2D eigenvalue weighted by Gasteiger charge is 2.44. The van der Waals surface area contributed by atoms with Crippen LogP contribution >= 0.6 is 0 Å². The van der Waals surface area contributed by atoms with E-state index in [1.54, 1.807) is 6.92 Å². The zero-order chi connectivity index (χ0) is 12.8.